The van der Waals surface area contributed by atoms with Crippen molar-refractivity contribution in [2.24, 2.45) is 10.7 Å². The summed E-state index contributed by atoms with van der Waals surface area (Å²) in [5.74, 6) is -8.63. The minimum absolute atomic E-state index is 0.000240. The number of nitrogens with two attached hydrogens (primary N) is 1. The van der Waals surface area contributed by atoms with Gasteiger partial charge in [0, 0.05) is 32.8 Å². The molecule has 5 aliphatic rings. The molecule has 1 fully saturated rings. The number of allylic oxidation sites excluding steroid dienone is 1. The van der Waals surface area contributed by atoms with Gasteiger partial charge in [-0.2, -0.15) is 0 Å². The highest BCUT2D eigenvalue weighted by Gasteiger charge is 2.52. The monoisotopic (exact) mass is 1500 g/mol. The molecule has 10 rings (SSSR count). The number of thiocarbonyl (C=S) groups is 1. The summed E-state index contributed by atoms with van der Waals surface area (Å²) < 4.78 is 6.29. The lowest BCUT2D eigenvalue weighted by atomic mass is 9.78. The largest absolute Gasteiger partial charge is 0.455 e. The van der Waals surface area contributed by atoms with Gasteiger partial charge in [-0.05, 0) is 72.9 Å². The summed E-state index contributed by atoms with van der Waals surface area (Å²) >= 11 is 11.1. The summed E-state index contributed by atoms with van der Waals surface area (Å²) in [5, 5.41) is 91.7. The molecule has 15 atom stereocenters. The molecule has 1 aliphatic carbocycles. The number of cyclic esters (lactones) is 1. The van der Waals surface area contributed by atoms with Gasteiger partial charge in [0.1, 0.15) is 100 Å². The Labute approximate surface area is 601 Å². The van der Waals surface area contributed by atoms with E-state index in [1.54, 1.807) is 12.3 Å². The second-order valence-electron chi connectivity index (χ2n) is 24.4. The lowest BCUT2D eigenvalue weighted by Crippen LogP contribution is -2.58. The Morgan fingerprint density at radius 2 is 1.46 bits per heavy atom. The van der Waals surface area contributed by atoms with Crippen molar-refractivity contribution < 1.29 is 73.4 Å². The lowest BCUT2D eigenvalue weighted by Gasteiger charge is -2.45. The molecule has 0 spiro atoms. The van der Waals surface area contributed by atoms with Crippen LogP contribution in [0.15, 0.2) is 87.3 Å². The third-order valence-corrected chi connectivity index (χ3v) is 22.4. The molecule has 5 aromatic heterocycles. The maximum Gasteiger partial charge on any atom is 0.357 e. The highest BCUT2D eigenvalue weighted by molar-refractivity contribution is 8.14. The van der Waals surface area contributed by atoms with Crippen LogP contribution in [0.25, 0.3) is 6.08 Å². The van der Waals surface area contributed by atoms with Gasteiger partial charge in [-0.1, -0.05) is 50.2 Å². The van der Waals surface area contributed by atoms with Gasteiger partial charge in [-0.25, -0.2) is 29.7 Å². The van der Waals surface area contributed by atoms with Crippen molar-refractivity contribution in [1.82, 2.24) is 78.1 Å². The molecule has 38 heteroatoms. The van der Waals surface area contributed by atoms with Gasteiger partial charge in [-0.3, -0.25) is 54.0 Å². The maximum absolute atomic E-state index is 15.1. The number of aliphatic hydroxyl groups excluding tert-OH is 4. The minimum atomic E-state index is -2.11. The summed E-state index contributed by atoms with van der Waals surface area (Å²) in [6.45, 7) is 20.9. The van der Waals surface area contributed by atoms with Gasteiger partial charge in [0.25, 0.3) is 29.5 Å². The number of ether oxygens (including phenoxy) is 1. The van der Waals surface area contributed by atoms with E-state index in [4.69, 9.17) is 37.6 Å². The summed E-state index contributed by atoms with van der Waals surface area (Å²) in [6.07, 6.45) is -2.76. The fourth-order valence-corrected chi connectivity index (χ4v) is 16.5. The van der Waals surface area contributed by atoms with E-state index in [2.05, 4.69) is 87.9 Å². The predicted molar refractivity (Wildman–Crippen MR) is 376 cm³/mol. The molecule has 9 heterocycles. The van der Waals surface area contributed by atoms with E-state index in [1.807, 2.05) is 0 Å². The van der Waals surface area contributed by atoms with E-state index in [0.29, 0.717) is 5.01 Å². The van der Waals surface area contributed by atoms with Crippen LogP contribution >= 0.6 is 69.3 Å². The smallest absolute Gasteiger partial charge is 0.357 e. The Hall–Kier alpha value is -8.77. The summed E-state index contributed by atoms with van der Waals surface area (Å²) in [6, 6.07) is -8.58. The minimum Gasteiger partial charge on any atom is -0.455 e. The zero-order valence-electron chi connectivity index (χ0n) is 54.9. The van der Waals surface area contributed by atoms with Gasteiger partial charge in [0.2, 0.25) is 17.7 Å². The van der Waals surface area contributed by atoms with Crippen molar-refractivity contribution in [3.8, 4) is 0 Å². The van der Waals surface area contributed by atoms with Crippen molar-refractivity contribution in [3.05, 3.63) is 148 Å². The number of hydrogen-bond donors (Lipinski definition) is 16. The Kier molecular flexibility index (Phi) is 22.6. The Bertz CT molecular complexity index is 4350. The van der Waals surface area contributed by atoms with Gasteiger partial charge in [0.05, 0.1) is 76.7 Å². The first-order valence-corrected chi connectivity index (χ1v) is 36.1. The van der Waals surface area contributed by atoms with E-state index in [9.17, 15) is 63.9 Å². The normalized spacial score (nSPS) is 28.0. The van der Waals surface area contributed by atoms with Crippen LogP contribution in [-0.4, -0.2) is 168 Å². The molecule has 32 nitrogen and oxygen atoms in total. The highest BCUT2D eigenvalue weighted by Crippen LogP contribution is 2.48. The third kappa shape index (κ3) is 15.8. The standard InChI is InChI=1S/C63H71N17O15S6/c1-11-32-56-74-38(19-98-56)53(91)79-46(62(10,94)29(9)83)59-75-40(21-100-59)55(96)78-42-28(8)95-60(93)35-16-31(26(6)81)30-12-13-33(44(84)43(30)69-35)65-22(2)48(86)66-23(3)49(87)67-24(4)50(88)68-25(5)51(89)80-63(61-76-39(20-101-61)52(90)77-41(27(7)82)54(92)71-32)15-14-34(57-73-37(18-97-57)47(64)85)70-45(63)36-17-99-58(42)72-36/h11-13,16-18,20-22,26-29,33-34,38,41-42,44-46,65,70,81-84,94H,3-5,14-15,19H2,1-2,6-10H3,(H2,64,85)(H,66,86)(H,67,87)(H,68,88)(H,71,92)(H,77,90)(H,78,96)(H,79,91)(H,80,89). The number of thioether (sulfide) groups is 1. The summed E-state index contributed by atoms with van der Waals surface area (Å²) in [5.41, 5.74) is -0.321. The summed E-state index contributed by atoms with van der Waals surface area (Å²) in [4.78, 5) is 155. The fraction of sp³-hybridized carbons (Fsp3) is 0.397. The van der Waals surface area contributed by atoms with Gasteiger partial charge >= 0.3 is 5.97 Å². The number of carbonyl (C=O) groups excluding carboxylic acids is 9. The molecule has 0 saturated carbocycles. The molecule has 5 aromatic rings. The number of aromatic nitrogens is 5. The van der Waals surface area contributed by atoms with E-state index >= 15 is 4.79 Å². The van der Waals surface area contributed by atoms with Crippen molar-refractivity contribution in [1.29, 1.82) is 0 Å². The highest BCUT2D eigenvalue weighted by atomic mass is 32.2. The quantitative estimate of drug-likeness (QED) is 0.0643. The van der Waals surface area contributed by atoms with Gasteiger partial charge in [0.15, 0.2) is 0 Å². The molecule has 0 aromatic carbocycles. The average molecular weight is 1500 g/mol. The Morgan fingerprint density at radius 3 is 2.12 bits per heavy atom. The number of esters is 1. The van der Waals surface area contributed by atoms with E-state index < -0.39 is 160 Å². The van der Waals surface area contributed by atoms with Crippen LogP contribution in [0.3, 0.4) is 0 Å². The molecule has 101 heavy (non-hydrogen) atoms. The molecule has 534 valence electrons. The molecule has 4 aliphatic heterocycles. The van der Waals surface area contributed by atoms with Crippen LogP contribution in [-0.2, 0) is 39.0 Å². The lowest BCUT2D eigenvalue weighted by molar-refractivity contribution is -0.128. The topological polar surface area (TPSA) is 487 Å². The van der Waals surface area contributed by atoms with E-state index in [-0.39, 0.29) is 94.6 Å². The van der Waals surface area contributed by atoms with Crippen molar-refractivity contribution >= 4 is 139 Å². The molecular formula is C63H71N17O15S6. The number of primary amides is 1. The number of aliphatic hydroxyl groups is 5. The number of hydrogen-bond acceptors (Lipinski definition) is 29. The zero-order chi connectivity index (χ0) is 73.4. The van der Waals surface area contributed by atoms with Crippen LogP contribution in [0.2, 0.25) is 0 Å². The van der Waals surface area contributed by atoms with Crippen molar-refractivity contribution in [3.63, 3.8) is 0 Å². The second-order valence-corrected chi connectivity index (χ2v) is 29.4. The Morgan fingerprint density at radius 1 is 0.782 bits per heavy atom. The zero-order valence-corrected chi connectivity index (χ0v) is 59.8. The first kappa shape index (κ1) is 74.9. The first-order chi connectivity index (χ1) is 47.7. The van der Waals surface area contributed by atoms with Crippen LogP contribution in [0.4, 0.5) is 0 Å². The number of aliphatic imine (C=N–C) groups is 1. The van der Waals surface area contributed by atoms with Crippen LogP contribution < -0.4 is 58.9 Å². The van der Waals surface area contributed by atoms with Crippen LogP contribution in [0.5, 0.6) is 0 Å². The molecule has 8 amide bonds. The average Bonchev–Trinajstić information content (AvgIpc) is 1.71. The molecule has 17 N–H and O–H groups in total. The maximum atomic E-state index is 15.1. The molecule has 0 radical (unpaired) electrons. The summed E-state index contributed by atoms with van der Waals surface area (Å²) in [7, 11) is 0. The van der Waals surface area contributed by atoms with Crippen LogP contribution in [0.1, 0.15) is 177 Å². The number of amides is 8. The number of fused-ring (bicyclic) bond motifs is 7. The molecule has 15 unspecified atom stereocenters. The molecular weight excluding hydrogens is 1430 g/mol. The number of rotatable bonds is 6. The molecule has 13 bridgehead atoms. The third-order valence-electron chi connectivity index (χ3n) is 17.2. The number of carbonyl (C=O) groups is 9. The van der Waals surface area contributed by atoms with E-state index in [0.717, 1.165) is 57.1 Å². The fourth-order valence-electron chi connectivity index (χ4n) is 11.3. The number of pyridine rings is 1. The molecule has 1 saturated heterocycles. The predicted octanol–water partition coefficient (Wildman–Crippen LogP) is 1.12. The number of thiazole rings is 4. The van der Waals surface area contributed by atoms with E-state index in [1.165, 1.54) is 82.0 Å². The SMILES string of the molecule is C=C1NC(=O)C(=C)NC(=O)C(C)NC2C=Cc3c(C(C)O)cc(nc3C2O)C(=O)OC(C)C2NC(=S)c3csc(n3)C(C(C)(O)C(C)O)NC(=O)C3CSC(=N3)C(=CC)NC(=O)C(C(C)O)NC(=O)c3csc(n3)C3(CCC(c4nc(C(N)=O)cs4)NC3c3csc2n3)NC(=O)C(=C)NC1=O. The Balaban J connectivity index is 1.16. The first-order valence-electron chi connectivity index (χ1n) is 31.2. The number of piperidine rings is 1. The second kappa shape index (κ2) is 30.4. The van der Waals surface area contributed by atoms with Gasteiger partial charge < -0.3 is 78.5 Å². The van der Waals surface area contributed by atoms with Gasteiger partial charge in [-0.15, -0.1) is 57.1 Å². The number of nitrogens with zero attached hydrogens (tertiary/aromatic N) is 6. The van der Waals surface area contributed by atoms with Crippen molar-refractivity contribution in [2.45, 2.75) is 151 Å². The van der Waals surface area contributed by atoms with Crippen LogP contribution in [0, 0.1) is 0 Å². The number of nitrogens with one attached hydrogen (secondary N) is 10. The van der Waals surface area contributed by atoms with Crippen molar-refractivity contribution in [2.75, 3.05) is 5.75 Å².